The molecule has 0 saturated carbocycles. The van der Waals surface area contributed by atoms with Crippen molar-refractivity contribution >= 4 is 51.7 Å². The maximum Gasteiger partial charge on any atom is 0.255 e. The van der Waals surface area contributed by atoms with E-state index in [0.717, 1.165) is 5.56 Å². The Morgan fingerprint density at radius 3 is 2.14 bits per heavy atom. The molecule has 36 heavy (non-hydrogen) atoms. The van der Waals surface area contributed by atoms with Crippen molar-refractivity contribution in [1.82, 2.24) is 4.98 Å². The summed E-state index contributed by atoms with van der Waals surface area (Å²) in [6, 6.07) is 15.9. The van der Waals surface area contributed by atoms with Crippen molar-refractivity contribution in [2.45, 2.75) is 38.9 Å². The fourth-order valence-electron chi connectivity index (χ4n) is 3.56. The molecule has 0 bridgehead atoms. The number of carbonyl (C=O) groups is 2. The van der Waals surface area contributed by atoms with Crippen molar-refractivity contribution in [3.63, 3.8) is 0 Å². The Balaban J connectivity index is 2.06. The summed E-state index contributed by atoms with van der Waals surface area (Å²) >= 11 is 12.6. The molecule has 2 aromatic heterocycles. The summed E-state index contributed by atoms with van der Waals surface area (Å²) in [6.45, 7) is 5.25. The highest BCUT2D eigenvalue weighted by atomic mass is 35.5. The fourth-order valence-corrected chi connectivity index (χ4v) is 3.91. The Labute approximate surface area is 217 Å². The monoisotopic (exact) mass is 526 g/mol. The third-order valence-electron chi connectivity index (χ3n) is 5.52. The lowest BCUT2D eigenvalue weighted by molar-refractivity contribution is -0.130. The normalized spacial score (nSPS) is 12.1. The molecular weight excluding hydrogens is 503 g/mol. The van der Waals surface area contributed by atoms with Crippen LogP contribution in [-0.2, 0) is 4.79 Å². The molecule has 0 radical (unpaired) electrons. The van der Waals surface area contributed by atoms with Crippen LogP contribution in [0.1, 0.15) is 38.2 Å². The van der Waals surface area contributed by atoms with Gasteiger partial charge in [-0.25, -0.2) is 4.98 Å². The number of aliphatic hydroxyl groups is 2. The number of hydrogen-bond acceptors (Lipinski definition) is 6. The minimum atomic E-state index is -1.80. The average Bonchev–Trinajstić information content (AvgIpc) is 3.14. The maximum absolute atomic E-state index is 13.1. The predicted molar refractivity (Wildman–Crippen MR) is 140 cm³/mol. The molecular formula is C27H24Cl2N2O5. The van der Waals surface area contributed by atoms with E-state index in [0.29, 0.717) is 32.3 Å². The SMILES string of the molecule is CC(C)(O)C(=O)Nc1c(C(=O)C(C)(C)O)oc2nc(-c3ccccc3Cl)c(-c3ccc(Cl)cc3)cc12. The summed E-state index contributed by atoms with van der Waals surface area (Å²) in [7, 11) is 0. The molecule has 4 aromatic rings. The number of halogens is 2. The van der Waals surface area contributed by atoms with Crippen molar-refractivity contribution in [3.05, 3.63) is 70.4 Å². The number of hydrogen-bond donors (Lipinski definition) is 3. The van der Waals surface area contributed by atoms with Gasteiger partial charge in [0.1, 0.15) is 16.9 Å². The van der Waals surface area contributed by atoms with Crippen molar-refractivity contribution in [3.8, 4) is 22.4 Å². The lowest BCUT2D eigenvalue weighted by Gasteiger charge is -2.18. The highest BCUT2D eigenvalue weighted by molar-refractivity contribution is 6.33. The summed E-state index contributed by atoms with van der Waals surface area (Å²) in [5.41, 5.74) is -1.02. The van der Waals surface area contributed by atoms with Gasteiger partial charge in [0, 0.05) is 21.2 Å². The lowest BCUT2D eigenvalue weighted by atomic mass is 9.97. The van der Waals surface area contributed by atoms with Gasteiger partial charge in [0.15, 0.2) is 5.76 Å². The lowest BCUT2D eigenvalue weighted by Crippen LogP contribution is -2.37. The van der Waals surface area contributed by atoms with Crippen LogP contribution in [0.5, 0.6) is 0 Å². The van der Waals surface area contributed by atoms with Gasteiger partial charge in [-0.1, -0.05) is 53.5 Å². The Morgan fingerprint density at radius 2 is 1.56 bits per heavy atom. The number of amides is 1. The van der Waals surface area contributed by atoms with Crippen molar-refractivity contribution < 1.29 is 24.2 Å². The number of aromatic nitrogens is 1. The first-order valence-corrected chi connectivity index (χ1v) is 11.8. The number of Topliss-reactive ketones (excluding diaryl/α,β-unsaturated/α-hetero) is 1. The number of ketones is 1. The van der Waals surface area contributed by atoms with Crippen LogP contribution >= 0.6 is 23.2 Å². The molecule has 0 fully saturated rings. The number of anilines is 1. The molecule has 2 aromatic carbocycles. The molecule has 4 rings (SSSR count). The van der Waals surface area contributed by atoms with Gasteiger partial charge in [0.25, 0.3) is 5.91 Å². The summed E-state index contributed by atoms with van der Waals surface area (Å²) in [6.07, 6.45) is 0. The van der Waals surface area contributed by atoms with Gasteiger partial charge >= 0.3 is 0 Å². The van der Waals surface area contributed by atoms with Gasteiger partial charge < -0.3 is 19.9 Å². The second-order valence-electron chi connectivity index (χ2n) is 9.43. The van der Waals surface area contributed by atoms with E-state index >= 15 is 0 Å². The molecule has 0 aliphatic rings. The molecule has 0 aliphatic carbocycles. The predicted octanol–water partition coefficient (Wildman–Crippen LogP) is 6.13. The summed E-state index contributed by atoms with van der Waals surface area (Å²) in [5, 5.41) is 24.5. The fraction of sp³-hybridized carbons (Fsp3) is 0.222. The van der Waals surface area contributed by atoms with Gasteiger partial charge in [-0.3, -0.25) is 9.59 Å². The molecule has 3 N–H and O–H groups in total. The van der Waals surface area contributed by atoms with E-state index in [2.05, 4.69) is 10.3 Å². The molecule has 0 aliphatic heterocycles. The highest BCUT2D eigenvalue weighted by Gasteiger charge is 2.35. The third kappa shape index (κ3) is 5.01. The molecule has 186 valence electrons. The molecule has 0 saturated heterocycles. The van der Waals surface area contributed by atoms with Crippen molar-refractivity contribution in [2.24, 2.45) is 0 Å². The largest absolute Gasteiger partial charge is 0.432 e. The van der Waals surface area contributed by atoms with Gasteiger partial charge in [0.05, 0.1) is 11.1 Å². The van der Waals surface area contributed by atoms with E-state index in [1.807, 2.05) is 18.2 Å². The van der Waals surface area contributed by atoms with Crippen LogP contribution in [-0.4, -0.2) is 38.1 Å². The van der Waals surface area contributed by atoms with Crippen molar-refractivity contribution in [1.29, 1.82) is 0 Å². The standard InChI is InChI=1S/C27H24Cl2N2O5/c1-26(2,34)23(32)22-21(31-25(33)27(3,4)35)18-13-17(14-9-11-15(28)12-10-14)20(30-24(18)36-22)16-7-5-6-8-19(16)29/h5-13,34-35H,1-4H3,(H,31,33). The summed E-state index contributed by atoms with van der Waals surface area (Å²) in [5.74, 6) is -1.82. The van der Waals surface area contributed by atoms with Crippen LogP contribution in [0.4, 0.5) is 5.69 Å². The van der Waals surface area contributed by atoms with Gasteiger partial charge in [-0.05, 0) is 57.5 Å². The number of nitrogens with one attached hydrogen (secondary N) is 1. The van der Waals surface area contributed by atoms with Crippen molar-refractivity contribution in [2.75, 3.05) is 5.32 Å². The van der Waals surface area contributed by atoms with E-state index in [1.54, 1.807) is 36.4 Å². The highest BCUT2D eigenvalue weighted by Crippen LogP contribution is 2.41. The second-order valence-corrected chi connectivity index (χ2v) is 10.3. The molecule has 2 heterocycles. The quantitative estimate of drug-likeness (QED) is 0.260. The number of rotatable bonds is 6. The number of furan rings is 1. The van der Waals surface area contributed by atoms with E-state index in [-0.39, 0.29) is 17.2 Å². The molecule has 7 nitrogen and oxygen atoms in total. The first-order chi connectivity index (χ1) is 16.8. The number of fused-ring (bicyclic) bond motifs is 1. The summed E-state index contributed by atoms with van der Waals surface area (Å²) in [4.78, 5) is 30.5. The summed E-state index contributed by atoms with van der Waals surface area (Å²) < 4.78 is 5.83. The van der Waals surface area contributed by atoms with Gasteiger partial charge in [-0.15, -0.1) is 0 Å². The zero-order chi connectivity index (χ0) is 26.4. The number of carbonyl (C=O) groups excluding carboxylic acids is 2. The van der Waals surface area contributed by atoms with E-state index in [4.69, 9.17) is 27.6 Å². The Hall–Kier alpha value is -3.23. The molecule has 9 heteroatoms. The topological polar surface area (TPSA) is 113 Å². The third-order valence-corrected chi connectivity index (χ3v) is 6.10. The first-order valence-electron chi connectivity index (χ1n) is 11.1. The van der Waals surface area contributed by atoms with Crippen LogP contribution < -0.4 is 5.32 Å². The molecule has 0 spiro atoms. The van der Waals surface area contributed by atoms with Crippen LogP contribution in [0.2, 0.25) is 10.0 Å². The minimum absolute atomic E-state index is 0.00216. The van der Waals surface area contributed by atoms with E-state index in [1.165, 1.54) is 27.7 Å². The Morgan fingerprint density at radius 1 is 0.917 bits per heavy atom. The molecule has 0 unspecified atom stereocenters. The van der Waals surface area contributed by atoms with Gasteiger partial charge in [-0.2, -0.15) is 0 Å². The molecule has 0 atom stereocenters. The smallest absolute Gasteiger partial charge is 0.255 e. The zero-order valence-corrected chi connectivity index (χ0v) is 21.5. The first kappa shape index (κ1) is 25.9. The minimum Gasteiger partial charge on any atom is -0.432 e. The van der Waals surface area contributed by atoms with E-state index < -0.39 is 22.9 Å². The zero-order valence-electron chi connectivity index (χ0n) is 20.0. The van der Waals surface area contributed by atoms with E-state index in [9.17, 15) is 19.8 Å². The maximum atomic E-state index is 13.1. The average molecular weight is 527 g/mol. The van der Waals surface area contributed by atoms with Crippen LogP contribution in [0.3, 0.4) is 0 Å². The second kappa shape index (κ2) is 9.33. The van der Waals surface area contributed by atoms with Crippen LogP contribution in [0, 0.1) is 0 Å². The Bertz CT molecular complexity index is 1480. The number of nitrogens with zero attached hydrogens (tertiary/aromatic N) is 1. The van der Waals surface area contributed by atoms with Crippen LogP contribution in [0.25, 0.3) is 33.5 Å². The Kier molecular flexibility index (Phi) is 6.70. The van der Waals surface area contributed by atoms with Gasteiger partial charge in [0.2, 0.25) is 11.5 Å². The number of benzene rings is 2. The molecule has 1 amide bonds. The van der Waals surface area contributed by atoms with Crippen LogP contribution in [0.15, 0.2) is 59.0 Å². The number of pyridine rings is 1.